The van der Waals surface area contributed by atoms with E-state index >= 15 is 0 Å². The van der Waals surface area contributed by atoms with Crippen LogP contribution in [0.15, 0.2) is 6.33 Å². The van der Waals surface area contributed by atoms with Crippen molar-refractivity contribution in [2.75, 3.05) is 12.3 Å². The van der Waals surface area contributed by atoms with E-state index in [2.05, 4.69) is 15.0 Å². The molecule has 0 bridgehead atoms. The summed E-state index contributed by atoms with van der Waals surface area (Å²) in [5.74, 6) is -0.182. The van der Waals surface area contributed by atoms with Crippen LogP contribution in [-0.2, 0) is 4.74 Å². The monoisotopic (exact) mass is 287 g/mol. The lowest BCUT2D eigenvalue weighted by molar-refractivity contribution is -0.0459. The largest absolute Gasteiger partial charge is 0.394 e. The number of aliphatic hydroxyl groups excluding tert-OH is 2. The van der Waals surface area contributed by atoms with Crippen LogP contribution in [0.2, 0.25) is 0 Å². The van der Waals surface area contributed by atoms with Gasteiger partial charge in [0, 0.05) is 0 Å². The van der Waals surface area contributed by atoms with Gasteiger partial charge in [0.05, 0.1) is 12.9 Å². The highest BCUT2D eigenvalue weighted by atomic mass is 19.1. The van der Waals surface area contributed by atoms with Crippen molar-refractivity contribution in [3.8, 4) is 0 Å². The fourth-order valence-electron chi connectivity index (χ4n) is 2.18. The van der Waals surface area contributed by atoms with Crippen LogP contribution < -0.4 is 5.73 Å². The molecule has 10 heteroatoms. The Morgan fingerprint density at radius 1 is 1.45 bits per heavy atom. The average molecular weight is 287 g/mol. The molecular weight excluding hydrogens is 276 g/mol. The molecule has 3 rings (SSSR count). The third-order valence-corrected chi connectivity index (χ3v) is 3.17. The molecule has 1 aliphatic heterocycles. The number of nitrogens with zero attached hydrogens (tertiary/aromatic N) is 4. The first-order valence-electron chi connectivity index (χ1n) is 5.77. The summed E-state index contributed by atoms with van der Waals surface area (Å²) in [5.41, 5.74) is 5.55. The molecule has 0 aliphatic carbocycles. The number of anilines is 1. The number of rotatable bonds is 2. The predicted octanol–water partition coefficient (Wildman–Crippen LogP) is -0.864. The van der Waals surface area contributed by atoms with Crippen LogP contribution in [0.5, 0.6) is 0 Å². The van der Waals surface area contributed by atoms with Crippen LogP contribution in [0.25, 0.3) is 11.2 Å². The molecule has 108 valence electrons. The van der Waals surface area contributed by atoms with E-state index in [1.807, 2.05) is 0 Å². The second-order valence-corrected chi connectivity index (χ2v) is 4.38. The third kappa shape index (κ3) is 1.80. The standard InChI is InChI=1S/C10H11F2N5O3/c11-4-6(19)3(1-18)20-9(4)17-2-14-5-7(13)15-10(12)16-8(5)17/h2-4,6,9,18-19H,1H2,(H2,13,15,16)/t3-,4+,6+,9-/m1/s1. The van der Waals surface area contributed by atoms with E-state index in [0.29, 0.717) is 0 Å². The van der Waals surface area contributed by atoms with Crippen molar-refractivity contribution in [1.82, 2.24) is 19.5 Å². The first-order chi connectivity index (χ1) is 9.52. The van der Waals surface area contributed by atoms with E-state index in [4.69, 9.17) is 15.6 Å². The molecule has 2 aromatic heterocycles. The maximum absolute atomic E-state index is 14.0. The van der Waals surface area contributed by atoms with Crippen LogP contribution in [0.3, 0.4) is 0 Å². The Morgan fingerprint density at radius 2 is 2.20 bits per heavy atom. The molecule has 4 N–H and O–H groups in total. The molecule has 0 saturated carbocycles. The van der Waals surface area contributed by atoms with Gasteiger partial charge in [0.2, 0.25) is 0 Å². The topological polar surface area (TPSA) is 119 Å². The number of alkyl halides is 1. The summed E-state index contributed by atoms with van der Waals surface area (Å²) < 4.78 is 33.5. The molecule has 1 aliphatic rings. The van der Waals surface area contributed by atoms with Crippen LogP contribution in [0.1, 0.15) is 6.23 Å². The highest BCUT2D eigenvalue weighted by Crippen LogP contribution is 2.33. The first kappa shape index (κ1) is 13.1. The minimum absolute atomic E-state index is 0.0477. The van der Waals surface area contributed by atoms with Gasteiger partial charge in [-0.2, -0.15) is 14.4 Å². The molecule has 0 amide bonds. The number of aromatic nitrogens is 4. The van der Waals surface area contributed by atoms with Crippen molar-refractivity contribution in [3.63, 3.8) is 0 Å². The second kappa shape index (κ2) is 4.58. The molecule has 4 atom stereocenters. The zero-order valence-corrected chi connectivity index (χ0v) is 10.0. The lowest BCUT2D eigenvalue weighted by Crippen LogP contribution is -2.30. The van der Waals surface area contributed by atoms with Crippen LogP contribution >= 0.6 is 0 Å². The van der Waals surface area contributed by atoms with Crippen molar-refractivity contribution in [2.45, 2.75) is 24.6 Å². The predicted molar refractivity (Wildman–Crippen MR) is 61.6 cm³/mol. The van der Waals surface area contributed by atoms with E-state index in [0.717, 1.165) is 4.57 Å². The van der Waals surface area contributed by atoms with Gasteiger partial charge >= 0.3 is 6.08 Å². The average Bonchev–Trinajstić information content (AvgIpc) is 2.93. The Kier molecular flexibility index (Phi) is 3.00. The molecule has 1 saturated heterocycles. The molecule has 0 radical (unpaired) electrons. The van der Waals surface area contributed by atoms with Gasteiger partial charge in [-0.1, -0.05) is 0 Å². The van der Waals surface area contributed by atoms with Gasteiger partial charge < -0.3 is 20.7 Å². The van der Waals surface area contributed by atoms with Crippen molar-refractivity contribution in [1.29, 1.82) is 0 Å². The van der Waals surface area contributed by atoms with E-state index in [-0.39, 0.29) is 17.0 Å². The summed E-state index contributed by atoms with van der Waals surface area (Å²) >= 11 is 0. The smallest absolute Gasteiger partial charge is 0.312 e. The van der Waals surface area contributed by atoms with Crippen LogP contribution in [0.4, 0.5) is 14.6 Å². The van der Waals surface area contributed by atoms with E-state index in [9.17, 15) is 13.9 Å². The summed E-state index contributed by atoms with van der Waals surface area (Å²) in [6.07, 6.45) is -5.57. The van der Waals surface area contributed by atoms with Gasteiger partial charge in [-0.25, -0.2) is 9.37 Å². The summed E-state index contributed by atoms with van der Waals surface area (Å²) in [6.45, 7) is -0.545. The van der Waals surface area contributed by atoms with Gasteiger partial charge in [0.1, 0.15) is 12.2 Å². The molecule has 20 heavy (non-hydrogen) atoms. The Labute approximate surface area is 110 Å². The van der Waals surface area contributed by atoms with Gasteiger partial charge in [0.25, 0.3) is 0 Å². The normalized spacial score (nSPS) is 30.2. The lowest BCUT2D eigenvalue weighted by Gasteiger charge is -2.14. The van der Waals surface area contributed by atoms with Crippen molar-refractivity contribution >= 4 is 17.0 Å². The number of fused-ring (bicyclic) bond motifs is 1. The Balaban J connectivity index is 2.07. The highest BCUT2D eigenvalue weighted by molar-refractivity contribution is 5.81. The maximum atomic E-state index is 14.0. The van der Waals surface area contributed by atoms with Crippen LogP contribution in [0, 0.1) is 6.08 Å². The van der Waals surface area contributed by atoms with E-state index in [1.54, 1.807) is 0 Å². The second-order valence-electron chi connectivity index (χ2n) is 4.38. The summed E-state index contributed by atoms with van der Waals surface area (Å²) in [6, 6.07) is 0. The fraction of sp³-hybridized carbons (Fsp3) is 0.500. The highest BCUT2D eigenvalue weighted by Gasteiger charge is 2.45. The molecule has 0 unspecified atom stereocenters. The Morgan fingerprint density at radius 3 is 2.85 bits per heavy atom. The lowest BCUT2D eigenvalue weighted by atomic mass is 10.1. The molecule has 3 heterocycles. The maximum Gasteiger partial charge on any atom is 0.312 e. The number of hydrogen-bond donors (Lipinski definition) is 3. The van der Waals surface area contributed by atoms with E-state index in [1.165, 1.54) is 6.33 Å². The van der Waals surface area contributed by atoms with Gasteiger partial charge in [-0.3, -0.25) is 4.57 Å². The summed E-state index contributed by atoms with van der Waals surface area (Å²) in [4.78, 5) is 10.7. The number of hydrogen-bond acceptors (Lipinski definition) is 7. The van der Waals surface area contributed by atoms with Crippen molar-refractivity contribution in [3.05, 3.63) is 12.4 Å². The molecule has 0 spiro atoms. The zero-order valence-electron chi connectivity index (χ0n) is 10.0. The molecule has 8 nitrogen and oxygen atoms in total. The van der Waals surface area contributed by atoms with Gasteiger partial charge in [-0.05, 0) is 0 Å². The minimum atomic E-state index is -1.82. The third-order valence-electron chi connectivity index (χ3n) is 3.17. The molecule has 2 aromatic rings. The van der Waals surface area contributed by atoms with Gasteiger partial charge in [0.15, 0.2) is 29.4 Å². The zero-order chi connectivity index (χ0) is 14.4. The van der Waals surface area contributed by atoms with Crippen molar-refractivity contribution < 1.29 is 23.7 Å². The van der Waals surface area contributed by atoms with Gasteiger partial charge in [-0.15, -0.1) is 0 Å². The molecule has 0 aromatic carbocycles. The summed E-state index contributed by atoms with van der Waals surface area (Å²) in [7, 11) is 0. The Bertz CT molecular complexity index is 651. The fourth-order valence-corrected chi connectivity index (χ4v) is 2.18. The Hall–Kier alpha value is -1.91. The minimum Gasteiger partial charge on any atom is -0.394 e. The van der Waals surface area contributed by atoms with Crippen LogP contribution in [-0.4, -0.2) is 54.7 Å². The summed E-state index contributed by atoms with van der Waals surface area (Å²) in [5, 5.41) is 18.6. The number of nitrogens with two attached hydrogens (primary N) is 1. The number of aliphatic hydroxyl groups is 2. The van der Waals surface area contributed by atoms with E-state index < -0.39 is 37.3 Å². The number of imidazole rings is 1. The number of nitrogen functional groups attached to an aromatic ring is 1. The van der Waals surface area contributed by atoms with Crippen molar-refractivity contribution in [2.24, 2.45) is 0 Å². The number of ether oxygens (including phenoxy) is 1. The molecule has 1 fully saturated rings. The molecular formula is C10H11F2N5O3. The SMILES string of the molecule is Nc1nc(F)nc2c1ncn2[C@@H]1O[C@H](CO)[C@H](O)[C@@H]1F. The first-order valence-corrected chi connectivity index (χ1v) is 5.77. The quantitative estimate of drug-likeness (QED) is 0.614. The number of halogens is 2.